The first-order valence-electron chi connectivity index (χ1n) is 7.62. The third-order valence-corrected chi connectivity index (χ3v) is 4.19. The summed E-state index contributed by atoms with van der Waals surface area (Å²) in [6.07, 6.45) is 6.34. The minimum Gasteiger partial charge on any atom is -0.383 e. The van der Waals surface area contributed by atoms with Gasteiger partial charge in [-0.1, -0.05) is 12.8 Å². The Morgan fingerprint density at radius 2 is 2.21 bits per heavy atom. The molecule has 0 aliphatic heterocycles. The van der Waals surface area contributed by atoms with E-state index in [1.165, 1.54) is 12.8 Å². The number of carbonyl (C=O) groups is 1. The largest absolute Gasteiger partial charge is 0.383 e. The van der Waals surface area contributed by atoms with Crippen LogP contribution in [0.5, 0.6) is 0 Å². The van der Waals surface area contributed by atoms with Crippen LogP contribution in [0, 0.1) is 5.92 Å². The van der Waals surface area contributed by atoms with Crippen molar-refractivity contribution in [2.75, 3.05) is 20.3 Å². The number of likely N-dealkylation sites (N-methyl/N-ethyl adjacent to an activating group) is 1. The normalized spacial score (nSPS) is 25.1. The quantitative estimate of drug-likeness (QED) is 0.771. The molecule has 0 saturated heterocycles. The molecule has 19 heavy (non-hydrogen) atoms. The summed E-state index contributed by atoms with van der Waals surface area (Å²) in [5.41, 5.74) is 5.99. The van der Waals surface area contributed by atoms with Crippen molar-refractivity contribution in [2.24, 2.45) is 11.7 Å². The smallest absolute Gasteiger partial charge is 0.222 e. The summed E-state index contributed by atoms with van der Waals surface area (Å²) in [6.45, 7) is 5.43. The van der Waals surface area contributed by atoms with Gasteiger partial charge in [0.1, 0.15) is 0 Å². The summed E-state index contributed by atoms with van der Waals surface area (Å²) in [4.78, 5) is 14.2. The molecule has 2 N–H and O–H groups in total. The SMILES string of the molecule is CCN(C(=O)CCC1CCCC(N)C1)C(C)COC. The molecule has 112 valence electrons. The highest BCUT2D eigenvalue weighted by Crippen LogP contribution is 2.27. The van der Waals surface area contributed by atoms with Crippen LogP contribution in [0.25, 0.3) is 0 Å². The van der Waals surface area contributed by atoms with Gasteiger partial charge in [-0.25, -0.2) is 0 Å². The van der Waals surface area contributed by atoms with Crippen LogP contribution < -0.4 is 5.73 Å². The van der Waals surface area contributed by atoms with Gasteiger partial charge < -0.3 is 15.4 Å². The molecule has 0 heterocycles. The van der Waals surface area contributed by atoms with Crippen molar-refractivity contribution in [2.45, 2.75) is 64.5 Å². The summed E-state index contributed by atoms with van der Waals surface area (Å²) in [6, 6.07) is 0.514. The van der Waals surface area contributed by atoms with Gasteiger partial charge in [0.25, 0.3) is 0 Å². The van der Waals surface area contributed by atoms with E-state index >= 15 is 0 Å². The summed E-state index contributed by atoms with van der Waals surface area (Å²) in [5.74, 6) is 0.898. The Balaban J connectivity index is 2.35. The minimum atomic E-state index is 0.163. The molecule has 4 nitrogen and oxygen atoms in total. The summed E-state index contributed by atoms with van der Waals surface area (Å²) >= 11 is 0. The Morgan fingerprint density at radius 3 is 2.79 bits per heavy atom. The molecule has 1 amide bonds. The lowest BCUT2D eigenvalue weighted by Crippen LogP contribution is -2.41. The van der Waals surface area contributed by atoms with Crippen LogP contribution in [0.3, 0.4) is 0 Å². The molecule has 1 rings (SSSR count). The first-order valence-corrected chi connectivity index (χ1v) is 7.62. The molecule has 0 bridgehead atoms. The van der Waals surface area contributed by atoms with Crippen LogP contribution in [0.1, 0.15) is 52.4 Å². The minimum absolute atomic E-state index is 0.163. The van der Waals surface area contributed by atoms with Crippen LogP contribution in [0.15, 0.2) is 0 Å². The first kappa shape index (κ1) is 16.4. The molecule has 0 aromatic rings. The standard InChI is InChI=1S/C15H30N2O2/c1-4-17(12(2)11-19-3)15(18)9-8-13-6-5-7-14(16)10-13/h12-14H,4-11,16H2,1-3H3. The molecule has 1 saturated carbocycles. The van der Waals surface area contributed by atoms with Crippen LogP contribution in [0.4, 0.5) is 0 Å². The Morgan fingerprint density at radius 1 is 1.47 bits per heavy atom. The Bertz CT molecular complexity index is 271. The molecule has 0 aromatic heterocycles. The number of carbonyl (C=O) groups excluding carboxylic acids is 1. The number of rotatable bonds is 7. The van der Waals surface area contributed by atoms with Crippen molar-refractivity contribution < 1.29 is 9.53 Å². The molecule has 1 aliphatic carbocycles. The van der Waals surface area contributed by atoms with E-state index < -0.39 is 0 Å². The number of nitrogens with two attached hydrogens (primary N) is 1. The molecule has 3 unspecified atom stereocenters. The van der Waals surface area contributed by atoms with E-state index in [4.69, 9.17) is 10.5 Å². The van der Waals surface area contributed by atoms with Crippen LogP contribution in [0.2, 0.25) is 0 Å². The second kappa shape index (κ2) is 8.54. The number of methoxy groups -OCH3 is 1. The van der Waals surface area contributed by atoms with E-state index in [1.807, 2.05) is 18.7 Å². The second-order valence-corrected chi connectivity index (χ2v) is 5.82. The molecule has 0 aromatic carbocycles. The lowest BCUT2D eigenvalue weighted by atomic mass is 9.83. The fourth-order valence-electron chi connectivity index (χ4n) is 3.13. The second-order valence-electron chi connectivity index (χ2n) is 5.82. The van der Waals surface area contributed by atoms with E-state index in [0.717, 1.165) is 25.8 Å². The molecular weight excluding hydrogens is 240 g/mol. The van der Waals surface area contributed by atoms with Crippen molar-refractivity contribution in [1.82, 2.24) is 4.90 Å². The van der Waals surface area contributed by atoms with E-state index in [9.17, 15) is 4.79 Å². The molecule has 1 fully saturated rings. The summed E-state index contributed by atoms with van der Waals surface area (Å²) in [7, 11) is 1.68. The molecule has 0 spiro atoms. The van der Waals surface area contributed by atoms with Crippen LogP contribution >= 0.6 is 0 Å². The Hall–Kier alpha value is -0.610. The van der Waals surface area contributed by atoms with E-state index in [0.29, 0.717) is 25.0 Å². The topological polar surface area (TPSA) is 55.6 Å². The maximum absolute atomic E-state index is 12.3. The zero-order chi connectivity index (χ0) is 14.3. The molecule has 0 radical (unpaired) electrons. The number of nitrogens with zero attached hydrogens (tertiary/aromatic N) is 1. The van der Waals surface area contributed by atoms with Gasteiger partial charge in [-0.2, -0.15) is 0 Å². The lowest BCUT2D eigenvalue weighted by Gasteiger charge is -2.30. The highest BCUT2D eigenvalue weighted by molar-refractivity contribution is 5.76. The van der Waals surface area contributed by atoms with E-state index in [1.54, 1.807) is 7.11 Å². The summed E-state index contributed by atoms with van der Waals surface area (Å²) in [5, 5.41) is 0. The van der Waals surface area contributed by atoms with Gasteiger partial charge in [-0.05, 0) is 39.0 Å². The van der Waals surface area contributed by atoms with Gasteiger partial charge in [-0.3, -0.25) is 4.79 Å². The average molecular weight is 270 g/mol. The zero-order valence-electron chi connectivity index (χ0n) is 12.7. The number of ether oxygens (including phenoxy) is 1. The van der Waals surface area contributed by atoms with Gasteiger partial charge >= 0.3 is 0 Å². The van der Waals surface area contributed by atoms with E-state index in [2.05, 4.69) is 0 Å². The van der Waals surface area contributed by atoms with Crippen LogP contribution in [-0.2, 0) is 9.53 Å². The van der Waals surface area contributed by atoms with E-state index in [-0.39, 0.29) is 11.9 Å². The third-order valence-electron chi connectivity index (χ3n) is 4.19. The van der Waals surface area contributed by atoms with Crippen molar-refractivity contribution in [3.63, 3.8) is 0 Å². The maximum Gasteiger partial charge on any atom is 0.222 e. The zero-order valence-corrected chi connectivity index (χ0v) is 12.7. The predicted molar refractivity (Wildman–Crippen MR) is 77.9 cm³/mol. The monoisotopic (exact) mass is 270 g/mol. The van der Waals surface area contributed by atoms with Gasteiger partial charge in [0.2, 0.25) is 5.91 Å². The maximum atomic E-state index is 12.3. The highest BCUT2D eigenvalue weighted by Gasteiger charge is 2.22. The van der Waals surface area contributed by atoms with Crippen molar-refractivity contribution in [3.05, 3.63) is 0 Å². The van der Waals surface area contributed by atoms with Gasteiger partial charge in [0.15, 0.2) is 0 Å². The fraction of sp³-hybridized carbons (Fsp3) is 0.933. The third kappa shape index (κ3) is 5.49. The van der Waals surface area contributed by atoms with Gasteiger partial charge in [0.05, 0.1) is 12.6 Å². The fourth-order valence-corrected chi connectivity index (χ4v) is 3.13. The van der Waals surface area contributed by atoms with Gasteiger partial charge in [0, 0.05) is 26.1 Å². The molecular formula is C15H30N2O2. The molecule has 4 heteroatoms. The Labute approximate surface area is 117 Å². The predicted octanol–water partition coefficient (Wildman–Crippen LogP) is 2.17. The number of hydrogen-bond acceptors (Lipinski definition) is 3. The molecule has 1 aliphatic rings. The first-order chi connectivity index (χ1) is 9.08. The summed E-state index contributed by atoms with van der Waals surface area (Å²) < 4.78 is 5.13. The molecule has 3 atom stereocenters. The van der Waals surface area contributed by atoms with Crippen molar-refractivity contribution >= 4 is 5.91 Å². The van der Waals surface area contributed by atoms with Gasteiger partial charge in [-0.15, -0.1) is 0 Å². The lowest BCUT2D eigenvalue weighted by molar-refractivity contribution is -0.134. The Kier molecular flexibility index (Phi) is 7.39. The van der Waals surface area contributed by atoms with Crippen molar-refractivity contribution in [1.29, 1.82) is 0 Å². The number of amides is 1. The van der Waals surface area contributed by atoms with Crippen molar-refractivity contribution in [3.8, 4) is 0 Å². The number of hydrogen-bond donors (Lipinski definition) is 1. The highest BCUT2D eigenvalue weighted by atomic mass is 16.5. The average Bonchev–Trinajstić information content (AvgIpc) is 2.37. The van der Waals surface area contributed by atoms with Crippen LogP contribution in [-0.4, -0.2) is 43.2 Å².